The zero-order valence-electron chi connectivity index (χ0n) is 13.7. The van der Waals surface area contributed by atoms with Gasteiger partial charge < -0.3 is 5.73 Å². The quantitative estimate of drug-likeness (QED) is 0.281. The Bertz CT molecular complexity index is 1250. The molecule has 0 aliphatic heterocycles. The molecule has 0 saturated carbocycles. The molecule has 0 radical (unpaired) electrons. The van der Waals surface area contributed by atoms with Crippen molar-refractivity contribution in [1.29, 1.82) is 0 Å². The fraction of sp³-hybridized carbons (Fsp3) is 0. The zero-order chi connectivity index (χ0) is 16.8. The maximum absolute atomic E-state index is 6.21. The van der Waals surface area contributed by atoms with E-state index in [2.05, 4.69) is 78.9 Å². The SMILES string of the molecule is Nc1ccc(-c2cc3ccccc3c3ccccc23)c2ccccc12. The lowest BCUT2D eigenvalue weighted by atomic mass is 9.90. The molecule has 2 N–H and O–H groups in total. The highest BCUT2D eigenvalue weighted by molar-refractivity contribution is 6.16. The van der Waals surface area contributed by atoms with Gasteiger partial charge in [0, 0.05) is 11.1 Å². The molecular weight excluding hydrogens is 302 g/mol. The minimum atomic E-state index is 0.824. The van der Waals surface area contributed by atoms with E-state index in [4.69, 9.17) is 5.73 Å². The first kappa shape index (κ1) is 14.1. The van der Waals surface area contributed by atoms with Crippen molar-refractivity contribution in [2.75, 3.05) is 5.73 Å². The van der Waals surface area contributed by atoms with Crippen LogP contribution in [0.2, 0.25) is 0 Å². The van der Waals surface area contributed by atoms with Crippen LogP contribution in [0.1, 0.15) is 0 Å². The van der Waals surface area contributed by atoms with E-state index < -0.39 is 0 Å². The molecule has 5 aromatic rings. The molecule has 5 rings (SSSR count). The van der Waals surface area contributed by atoms with Crippen molar-refractivity contribution in [2.24, 2.45) is 0 Å². The van der Waals surface area contributed by atoms with E-state index in [1.54, 1.807) is 0 Å². The Hall–Kier alpha value is -3.32. The van der Waals surface area contributed by atoms with Crippen LogP contribution in [0.5, 0.6) is 0 Å². The van der Waals surface area contributed by atoms with Gasteiger partial charge in [-0.25, -0.2) is 0 Å². The number of nitrogens with two attached hydrogens (primary N) is 1. The maximum Gasteiger partial charge on any atom is 0.0394 e. The summed E-state index contributed by atoms with van der Waals surface area (Å²) < 4.78 is 0. The summed E-state index contributed by atoms with van der Waals surface area (Å²) in [6.07, 6.45) is 0. The molecule has 0 aliphatic carbocycles. The molecule has 25 heavy (non-hydrogen) atoms. The molecule has 1 heteroatoms. The zero-order valence-corrected chi connectivity index (χ0v) is 13.7. The second-order valence-corrected chi connectivity index (χ2v) is 6.44. The largest absolute Gasteiger partial charge is 0.398 e. The van der Waals surface area contributed by atoms with Crippen molar-refractivity contribution in [3.8, 4) is 11.1 Å². The van der Waals surface area contributed by atoms with Gasteiger partial charge in [0.1, 0.15) is 0 Å². The summed E-state index contributed by atoms with van der Waals surface area (Å²) in [5.74, 6) is 0. The highest BCUT2D eigenvalue weighted by atomic mass is 14.5. The van der Waals surface area contributed by atoms with Gasteiger partial charge in [-0.1, -0.05) is 78.9 Å². The smallest absolute Gasteiger partial charge is 0.0394 e. The van der Waals surface area contributed by atoms with Crippen molar-refractivity contribution in [1.82, 2.24) is 0 Å². The molecule has 0 atom stereocenters. The molecule has 0 heterocycles. The number of benzene rings is 5. The summed E-state index contributed by atoms with van der Waals surface area (Å²) in [4.78, 5) is 0. The monoisotopic (exact) mass is 319 g/mol. The number of anilines is 1. The van der Waals surface area contributed by atoms with E-state index in [0.717, 1.165) is 11.1 Å². The van der Waals surface area contributed by atoms with Gasteiger partial charge in [-0.2, -0.15) is 0 Å². The molecular formula is C24H17N. The van der Waals surface area contributed by atoms with Gasteiger partial charge in [-0.3, -0.25) is 0 Å². The molecule has 0 saturated heterocycles. The summed E-state index contributed by atoms with van der Waals surface area (Å²) in [7, 11) is 0. The summed E-state index contributed by atoms with van der Waals surface area (Å²) in [5, 5.41) is 7.42. The molecule has 5 aromatic carbocycles. The third-order valence-corrected chi connectivity index (χ3v) is 5.02. The first-order valence-corrected chi connectivity index (χ1v) is 8.51. The van der Waals surface area contributed by atoms with Crippen molar-refractivity contribution in [3.63, 3.8) is 0 Å². The van der Waals surface area contributed by atoms with Gasteiger partial charge in [0.05, 0.1) is 0 Å². The van der Waals surface area contributed by atoms with Crippen LogP contribution in [0, 0.1) is 0 Å². The van der Waals surface area contributed by atoms with Crippen LogP contribution in [0.25, 0.3) is 43.4 Å². The normalized spacial score (nSPS) is 11.4. The molecule has 1 nitrogen and oxygen atoms in total. The highest BCUT2D eigenvalue weighted by Crippen LogP contribution is 2.39. The maximum atomic E-state index is 6.21. The average molecular weight is 319 g/mol. The molecule has 0 aromatic heterocycles. The van der Waals surface area contributed by atoms with Crippen LogP contribution in [0.15, 0.2) is 91.0 Å². The Morgan fingerprint density at radius 1 is 0.440 bits per heavy atom. The number of rotatable bonds is 1. The number of hydrogen-bond acceptors (Lipinski definition) is 1. The molecule has 0 aliphatic rings. The molecule has 0 unspecified atom stereocenters. The Kier molecular flexibility index (Phi) is 3.01. The van der Waals surface area contributed by atoms with Crippen molar-refractivity contribution in [2.45, 2.75) is 0 Å². The van der Waals surface area contributed by atoms with E-state index in [-0.39, 0.29) is 0 Å². The van der Waals surface area contributed by atoms with Gasteiger partial charge in [-0.15, -0.1) is 0 Å². The molecule has 118 valence electrons. The number of fused-ring (bicyclic) bond motifs is 4. The lowest BCUT2D eigenvalue weighted by molar-refractivity contribution is 1.69. The first-order valence-electron chi connectivity index (χ1n) is 8.51. The Morgan fingerprint density at radius 2 is 1.00 bits per heavy atom. The molecule has 0 bridgehead atoms. The predicted molar refractivity (Wildman–Crippen MR) is 109 cm³/mol. The van der Waals surface area contributed by atoms with Crippen LogP contribution in [0.4, 0.5) is 5.69 Å². The third-order valence-electron chi connectivity index (χ3n) is 5.02. The molecule has 0 fully saturated rings. The van der Waals surface area contributed by atoms with E-state index in [1.165, 1.54) is 38.1 Å². The summed E-state index contributed by atoms with van der Waals surface area (Å²) in [5.41, 5.74) is 9.51. The van der Waals surface area contributed by atoms with E-state index in [9.17, 15) is 0 Å². The van der Waals surface area contributed by atoms with Gasteiger partial charge in [-0.05, 0) is 50.2 Å². The number of hydrogen-bond donors (Lipinski definition) is 1. The van der Waals surface area contributed by atoms with Crippen LogP contribution in [0.3, 0.4) is 0 Å². The fourth-order valence-electron chi connectivity index (χ4n) is 3.83. The van der Waals surface area contributed by atoms with Crippen LogP contribution < -0.4 is 5.73 Å². The van der Waals surface area contributed by atoms with Crippen LogP contribution >= 0.6 is 0 Å². The van der Waals surface area contributed by atoms with Crippen LogP contribution in [-0.4, -0.2) is 0 Å². The van der Waals surface area contributed by atoms with Crippen molar-refractivity contribution >= 4 is 38.0 Å². The lowest BCUT2D eigenvalue weighted by Gasteiger charge is -2.14. The second-order valence-electron chi connectivity index (χ2n) is 6.44. The van der Waals surface area contributed by atoms with E-state index in [0.29, 0.717) is 0 Å². The van der Waals surface area contributed by atoms with Gasteiger partial charge >= 0.3 is 0 Å². The highest BCUT2D eigenvalue weighted by Gasteiger charge is 2.11. The summed E-state index contributed by atoms with van der Waals surface area (Å²) >= 11 is 0. The van der Waals surface area contributed by atoms with Gasteiger partial charge in [0.25, 0.3) is 0 Å². The van der Waals surface area contributed by atoms with Gasteiger partial charge in [0.15, 0.2) is 0 Å². The molecule has 0 amide bonds. The van der Waals surface area contributed by atoms with Gasteiger partial charge in [0.2, 0.25) is 0 Å². The standard InChI is InChI=1S/C24H17N/c25-24-14-13-21(19-10-5-6-12-22(19)24)23-15-16-7-1-2-8-17(16)18-9-3-4-11-20(18)23/h1-15H,25H2. The topological polar surface area (TPSA) is 26.0 Å². The minimum Gasteiger partial charge on any atom is -0.398 e. The number of nitrogen functional groups attached to an aromatic ring is 1. The lowest BCUT2D eigenvalue weighted by Crippen LogP contribution is -1.90. The summed E-state index contributed by atoms with van der Waals surface area (Å²) in [6.45, 7) is 0. The molecule has 0 spiro atoms. The first-order chi connectivity index (χ1) is 12.3. The van der Waals surface area contributed by atoms with Crippen molar-refractivity contribution < 1.29 is 0 Å². The van der Waals surface area contributed by atoms with Crippen LogP contribution in [-0.2, 0) is 0 Å². The fourth-order valence-corrected chi connectivity index (χ4v) is 3.83. The Labute approximate surface area is 146 Å². The van der Waals surface area contributed by atoms with E-state index in [1.807, 2.05) is 12.1 Å². The van der Waals surface area contributed by atoms with E-state index >= 15 is 0 Å². The van der Waals surface area contributed by atoms with Crippen molar-refractivity contribution in [3.05, 3.63) is 91.0 Å². The predicted octanol–water partition coefficient (Wildman–Crippen LogP) is 6.40. The Balaban J connectivity index is 1.98. The summed E-state index contributed by atoms with van der Waals surface area (Å²) in [6, 6.07) is 32.1. The third kappa shape index (κ3) is 2.10. The average Bonchev–Trinajstić information content (AvgIpc) is 2.68. The Morgan fingerprint density at radius 3 is 1.76 bits per heavy atom. The second kappa shape index (κ2) is 5.35. The minimum absolute atomic E-state index is 0.824.